The molecule has 0 radical (unpaired) electrons. The number of carbonyl (C=O) groups excluding carboxylic acids is 1. The van der Waals surface area contributed by atoms with Gasteiger partial charge in [0.1, 0.15) is 0 Å². The van der Waals surface area contributed by atoms with Crippen molar-refractivity contribution in [1.29, 1.82) is 0 Å². The third kappa shape index (κ3) is 8.19. The van der Waals surface area contributed by atoms with E-state index in [0.29, 0.717) is 24.1 Å². The molecule has 0 aliphatic heterocycles. The molecule has 136 valence electrons. The molecule has 0 bridgehead atoms. The number of rotatable bonds is 5. The molecule has 1 atom stereocenters. The highest BCUT2D eigenvalue weighted by Crippen LogP contribution is 2.17. The Kier molecular flexibility index (Phi) is 10.3. The summed E-state index contributed by atoms with van der Waals surface area (Å²) in [6, 6.07) is 7.79. The lowest BCUT2D eigenvalue weighted by Crippen LogP contribution is -2.44. The molecular weight excluding hydrogens is 439 g/mol. The van der Waals surface area contributed by atoms with Crippen LogP contribution in [0.1, 0.15) is 39.3 Å². The first-order chi connectivity index (χ1) is 10.7. The highest BCUT2D eigenvalue weighted by atomic mass is 127. The molecule has 24 heavy (non-hydrogen) atoms. The van der Waals surface area contributed by atoms with Gasteiger partial charge in [-0.3, -0.25) is 9.79 Å². The van der Waals surface area contributed by atoms with Crippen LogP contribution in [0.4, 0.5) is 0 Å². The van der Waals surface area contributed by atoms with E-state index < -0.39 is 0 Å². The SMILES string of the molecule is CN=C(NCCNC(=O)C(C)(C)C)NC(C)c1cccc(Cl)c1.I. The first kappa shape index (κ1) is 23.0. The molecule has 1 aromatic rings. The predicted octanol–water partition coefficient (Wildman–Crippen LogP) is 3.35. The predicted molar refractivity (Wildman–Crippen MR) is 112 cm³/mol. The van der Waals surface area contributed by atoms with Crippen molar-refractivity contribution in [3.63, 3.8) is 0 Å². The Labute approximate surface area is 167 Å². The van der Waals surface area contributed by atoms with Gasteiger partial charge in [0.05, 0.1) is 6.04 Å². The van der Waals surface area contributed by atoms with E-state index in [4.69, 9.17) is 11.6 Å². The Morgan fingerprint density at radius 3 is 2.42 bits per heavy atom. The largest absolute Gasteiger partial charge is 0.355 e. The van der Waals surface area contributed by atoms with E-state index >= 15 is 0 Å². The lowest BCUT2D eigenvalue weighted by atomic mass is 9.96. The molecule has 7 heteroatoms. The number of nitrogens with zero attached hydrogens (tertiary/aromatic N) is 1. The van der Waals surface area contributed by atoms with Crippen LogP contribution in [0.2, 0.25) is 5.02 Å². The second-order valence-electron chi connectivity index (χ2n) is 6.43. The first-order valence-electron chi connectivity index (χ1n) is 7.75. The Balaban J connectivity index is 0.00000529. The number of hydrogen-bond donors (Lipinski definition) is 3. The number of amides is 1. The molecule has 0 aromatic heterocycles. The summed E-state index contributed by atoms with van der Waals surface area (Å²) in [5, 5.41) is 10.1. The van der Waals surface area contributed by atoms with Crippen molar-refractivity contribution in [2.45, 2.75) is 33.7 Å². The van der Waals surface area contributed by atoms with Gasteiger partial charge in [-0.1, -0.05) is 44.5 Å². The molecule has 0 saturated heterocycles. The zero-order chi connectivity index (χ0) is 17.5. The third-order valence-electron chi connectivity index (χ3n) is 3.31. The molecule has 3 N–H and O–H groups in total. The molecular formula is C17H28ClIN4O. The van der Waals surface area contributed by atoms with Crippen LogP contribution in [0.15, 0.2) is 29.3 Å². The standard InChI is InChI=1S/C17H27ClN4O.HI/c1-12(13-7-6-8-14(18)11-13)22-16(19-5)21-10-9-20-15(23)17(2,3)4;/h6-8,11-12H,9-10H2,1-5H3,(H,20,23)(H2,19,21,22);1H. The van der Waals surface area contributed by atoms with E-state index in [1.165, 1.54) is 0 Å². The van der Waals surface area contributed by atoms with Crippen LogP contribution in [0, 0.1) is 5.41 Å². The van der Waals surface area contributed by atoms with Crippen molar-refractivity contribution >= 4 is 47.4 Å². The van der Waals surface area contributed by atoms with Crippen LogP contribution in [-0.2, 0) is 4.79 Å². The summed E-state index contributed by atoms with van der Waals surface area (Å²) in [7, 11) is 1.72. The van der Waals surface area contributed by atoms with E-state index in [2.05, 4.69) is 20.9 Å². The third-order valence-corrected chi connectivity index (χ3v) is 3.54. The van der Waals surface area contributed by atoms with Crippen molar-refractivity contribution < 1.29 is 4.79 Å². The molecule has 1 rings (SSSR count). The van der Waals surface area contributed by atoms with Crippen LogP contribution < -0.4 is 16.0 Å². The highest BCUT2D eigenvalue weighted by molar-refractivity contribution is 14.0. The second kappa shape index (κ2) is 10.8. The van der Waals surface area contributed by atoms with Crippen molar-refractivity contribution in [1.82, 2.24) is 16.0 Å². The molecule has 1 amide bonds. The molecule has 0 aliphatic carbocycles. The van der Waals surface area contributed by atoms with E-state index in [1.54, 1.807) is 7.05 Å². The maximum atomic E-state index is 11.8. The van der Waals surface area contributed by atoms with Gasteiger partial charge in [0, 0.05) is 30.6 Å². The van der Waals surface area contributed by atoms with E-state index in [-0.39, 0.29) is 41.3 Å². The molecule has 0 aliphatic rings. The number of carbonyl (C=O) groups is 1. The van der Waals surface area contributed by atoms with Crippen LogP contribution in [0.3, 0.4) is 0 Å². The summed E-state index contributed by atoms with van der Waals surface area (Å²) in [6.07, 6.45) is 0. The summed E-state index contributed by atoms with van der Waals surface area (Å²) in [5.41, 5.74) is 0.711. The number of hydrogen-bond acceptors (Lipinski definition) is 2. The average molecular weight is 467 g/mol. The number of aliphatic imine (C=N–C) groups is 1. The molecule has 0 spiro atoms. The Bertz CT molecular complexity index is 558. The van der Waals surface area contributed by atoms with Crippen molar-refractivity contribution in [3.05, 3.63) is 34.9 Å². The van der Waals surface area contributed by atoms with Gasteiger partial charge >= 0.3 is 0 Å². The molecule has 0 fully saturated rings. The number of guanidine groups is 1. The van der Waals surface area contributed by atoms with Gasteiger partial charge in [-0.15, -0.1) is 24.0 Å². The average Bonchev–Trinajstić information content (AvgIpc) is 2.48. The van der Waals surface area contributed by atoms with Gasteiger partial charge in [0.2, 0.25) is 5.91 Å². The lowest BCUT2D eigenvalue weighted by molar-refractivity contribution is -0.128. The van der Waals surface area contributed by atoms with Crippen LogP contribution in [0.25, 0.3) is 0 Å². The maximum Gasteiger partial charge on any atom is 0.225 e. The van der Waals surface area contributed by atoms with Crippen LogP contribution >= 0.6 is 35.6 Å². The van der Waals surface area contributed by atoms with Crippen LogP contribution in [0.5, 0.6) is 0 Å². The van der Waals surface area contributed by atoms with E-state index in [1.807, 2.05) is 52.0 Å². The smallest absolute Gasteiger partial charge is 0.225 e. The topological polar surface area (TPSA) is 65.5 Å². The van der Waals surface area contributed by atoms with Gasteiger partial charge in [-0.25, -0.2) is 0 Å². The molecule has 5 nitrogen and oxygen atoms in total. The van der Waals surface area contributed by atoms with Gasteiger partial charge < -0.3 is 16.0 Å². The van der Waals surface area contributed by atoms with Gasteiger partial charge in [0.25, 0.3) is 0 Å². The summed E-state index contributed by atoms with van der Waals surface area (Å²) < 4.78 is 0. The zero-order valence-corrected chi connectivity index (χ0v) is 18.0. The summed E-state index contributed by atoms with van der Waals surface area (Å²) in [6.45, 7) is 8.86. The fourth-order valence-corrected chi connectivity index (χ4v) is 2.08. The molecule has 0 heterocycles. The number of nitrogens with one attached hydrogen (secondary N) is 3. The van der Waals surface area contributed by atoms with Crippen molar-refractivity contribution in [2.24, 2.45) is 10.4 Å². The minimum atomic E-state index is -0.374. The van der Waals surface area contributed by atoms with Crippen molar-refractivity contribution in [2.75, 3.05) is 20.1 Å². The zero-order valence-electron chi connectivity index (χ0n) is 14.9. The summed E-state index contributed by atoms with van der Waals surface area (Å²) in [4.78, 5) is 16.0. The number of halogens is 2. The summed E-state index contributed by atoms with van der Waals surface area (Å²) >= 11 is 6.01. The van der Waals surface area contributed by atoms with Gasteiger partial charge in [-0.05, 0) is 24.6 Å². The molecule has 1 aromatic carbocycles. The monoisotopic (exact) mass is 466 g/mol. The Morgan fingerprint density at radius 2 is 1.88 bits per heavy atom. The first-order valence-corrected chi connectivity index (χ1v) is 8.13. The maximum absolute atomic E-state index is 11.8. The van der Waals surface area contributed by atoms with Gasteiger partial charge in [0.15, 0.2) is 5.96 Å². The summed E-state index contributed by atoms with van der Waals surface area (Å²) in [5.74, 6) is 0.719. The minimum Gasteiger partial charge on any atom is -0.355 e. The second-order valence-corrected chi connectivity index (χ2v) is 6.86. The molecule has 1 unspecified atom stereocenters. The quantitative estimate of drug-likeness (QED) is 0.270. The highest BCUT2D eigenvalue weighted by Gasteiger charge is 2.20. The fourth-order valence-electron chi connectivity index (χ4n) is 1.88. The number of benzene rings is 1. The Hall–Kier alpha value is -1.02. The fraction of sp³-hybridized carbons (Fsp3) is 0.529. The Morgan fingerprint density at radius 1 is 1.25 bits per heavy atom. The van der Waals surface area contributed by atoms with Crippen LogP contribution in [-0.4, -0.2) is 32.0 Å². The minimum absolute atomic E-state index is 0. The lowest BCUT2D eigenvalue weighted by Gasteiger charge is -2.20. The van der Waals surface area contributed by atoms with Crippen molar-refractivity contribution in [3.8, 4) is 0 Å². The van der Waals surface area contributed by atoms with E-state index in [9.17, 15) is 4.79 Å². The van der Waals surface area contributed by atoms with E-state index in [0.717, 1.165) is 5.56 Å². The normalized spacial score (nSPS) is 12.8. The van der Waals surface area contributed by atoms with Gasteiger partial charge in [-0.2, -0.15) is 0 Å². The molecule has 0 saturated carbocycles.